The maximum atomic E-state index is 5.79. The molecule has 84 valence electrons. The Hall–Kier alpha value is -1.13. The number of hydrogen-bond donors (Lipinski definition) is 1. The van der Waals surface area contributed by atoms with E-state index in [0.29, 0.717) is 0 Å². The van der Waals surface area contributed by atoms with Crippen molar-refractivity contribution in [2.45, 2.75) is 19.5 Å². The van der Waals surface area contributed by atoms with Crippen LogP contribution in [0.4, 0.5) is 0 Å². The first kappa shape index (κ1) is 11.4. The van der Waals surface area contributed by atoms with Crippen molar-refractivity contribution in [3.05, 3.63) is 41.0 Å². The van der Waals surface area contributed by atoms with Crippen molar-refractivity contribution in [2.75, 3.05) is 0 Å². The smallest absolute Gasteiger partial charge is 0.0683 e. The molecule has 1 unspecified atom stereocenters. The molecule has 0 aliphatic rings. The molecule has 1 atom stereocenters. The molecule has 0 aliphatic heterocycles. The van der Waals surface area contributed by atoms with E-state index in [9.17, 15) is 0 Å². The Bertz CT molecular complexity index is 477. The number of nitrogens with zero attached hydrogens (tertiary/aromatic N) is 2. The van der Waals surface area contributed by atoms with E-state index in [2.05, 4.69) is 33.2 Å². The van der Waals surface area contributed by atoms with Gasteiger partial charge in [-0.25, -0.2) is 0 Å². The number of rotatable bonds is 3. The molecule has 0 saturated carbocycles. The molecule has 0 aliphatic carbocycles. The lowest BCUT2D eigenvalue weighted by atomic mass is 10.1. The van der Waals surface area contributed by atoms with Crippen molar-refractivity contribution in [3.8, 4) is 11.3 Å². The molecule has 1 heterocycles. The van der Waals surface area contributed by atoms with Gasteiger partial charge in [-0.2, -0.15) is 5.10 Å². The predicted molar refractivity (Wildman–Crippen MR) is 69.0 cm³/mol. The Labute approximate surface area is 103 Å². The normalized spacial score (nSPS) is 12.7. The number of halogens is 1. The predicted octanol–water partition coefficient (Wildman–Crippen LogP) is 2.66. The van der Waals surface area contributed by atoms with Gasteiger partial charge in [-0.15, -0.1) is 0 Å². The van der Waals surface area contributed by atoms with Crippen molar-refractivity contribution in [3.63, 3.8) is 0 Å². The summed E-state index contributed by atoms with van der Waals surface area (Å²) in [6.07, 6.45) is 1.80. The minimum absolute atomic E-state index is 0.103. The van der Waals surface area contributed by atoms with E-state index >= 15 is 0 Å². The standard InChI is InChI=1S/C12H14BrN3/c1-9(14)8-16-12(5-6-15-16)10-3-2-4-11(13)7-10/h2-7,9H,8,14H2,1H3. The minimum Gasteiger partial charge on any atom is -0.326 e. The monoisotopic (exact) mass is 279 g/mol. The Morgan fingerprint density at radius 2 is 2.25 bits per heavy atom. The highest BCUT2D eigenvalue weighted by molar-refractivity contribution is 9.10. The Balaban J connectivity index is 2.37. The molecule has 16 heavy (non-hydrogen) atoms. The summed E-state index contributed by atoms with van der Waals surface area (Å²) in [5.41, 5.74) is 8.03. The van der Waals surface area contributed by atoms with Crippen LogP contribution in [0.3, 0.4) is 0 Å². The van der Waals surface area contributed by atoms with Gasteiger partial charge in [0.1, 0.15) is 0 Å². The molecule has 0 amide bonds. The third-order valence-corrected chi connectivity index (χ3v) is 2.79. The van der Waals surface area contributed by atoms with Gasteiger partial charge in [-0.1, -0.05) is 28.1 Å². The van der Waals surface area contributed by atoms with Crippen molar-refractivity contribution in [2.24, 2.45) is 5.73 Å². The molecule has 0 saturated heterocycles. The highest BCUT2D eigenvalue weighted by Crippen LogP contribution is 2.22. The molecule has 2 rings (SSSR count). The van der Waals surface area contributed by atoms with Crippen molar-refractivity contribution in [1.29, 1.82) is 0 Å². The molecule has 3 nitrogen and oxygen atoms in total. The van der Waals surface area contributed by atoms with Gasteiger partial charge in [0.05, 0.1) is 12.2 Å². The van der Waals surface area contributed by atoms with Crippen LogP contribution in [0.1, 0.15) is 6.92 Å². The summed E-state index contributed by atoms with van der Waals surface area (Å²) in [6, 6.07) is 10.3. The lowest BCUT2D eigenvalue weighted by molar-refractivity contribution is 0.543. The summed E-state index contributed by atoms with van der Waals surface area (Å²) in [5, 5.41) is 4.28. The van der Waals surface area contributed by atoms with Crippen LogP contribution in [0.15, 0.2) is 41.0 Å². The van der Waals surface area contributed by atoms with Gasteiger partial charge >= 0.3 is 0 Å². The molecule has 4 heteroatoms. The first-order chi connectivity index (χ1) is 7.66. The van der Waals surface area contributed by atoms with Crippen LogP contribution in [-0.4, -0.2) is 15.8 Å². The highest BCUT2D eigenvalue weighted by Gasteiger charge is 2.06. The van der Waals surface area contributed by atoms with Gasteiger partial charge < -0.3 is 5.73 Å². The first-order valence-corrected chi connectivity index (χ1v) is 5.99. The SMILES string of the molecule is CC(N)Cn1nccc1-c1cccc(Br)c1. The van der Waals surface area contributed by atoms with E-state index in [-0.39, 0.29) is 6.04 Å². The van der Waals surface area contributed by atoms with Crippen LogP contribution >= 0.6 is 15.9 Å². The number of nitrogens with two attached hydrogens (primary N) is 1. The zero-order valence-electron chi connectivity index (χ0n) is 9.10. The zero-order chi connectivity index (χ0) is 11.5. The molecule has 1 aromatic carbocycles. The Kier molecular flexibility index (Phi) is 3.41. The van der Waals surface area contributed by atoms with Crippen molar-refractivity contribution >= 4 is 15.9 Å². The Morgan fingerprint density at radius 1 is 1.44 bits per heavy atom. The van der Waals surface area contributed by atoms with Crippen LogP contribution in [0.5, 0.6) is 0 Å². The fourth-order valence-corrected chi connectivity index (χ4v) is 2.04. The maximum absolute atomic E-state index is 5.79. The average molecular weight is 280 g/mol. The molecule has 0 fully saturated rings. The van der Waals surface area contributed by atoms with E-state index < -0.39 is 0 Å². The van der Waals surface area contributed by atoms with Gasteiger partial charge in [0.2, 0.25) is 0 Å². The molecular weight excluding hydrogens is 266 g/mol. The van der Waals surface area contributed by atoms with Crippen molar-refractivity contribution in [1.82, 2.24) is 9.78 Å². The van der Waals surface area contributed by atoms with E-state index in [4.69, 9.17) is 5.73 Å². The number of hydrogen-bond acceptors (Lipinski definition) is 2. The number of aromatic nitrogens is 2. The van der Waals surface area contributed by atoms with E-state index in [1.165, 1.54) is 0 Å². The second-order valence-electron chi connectivity index (χ2n) is 3.89. The first-order valence-electron chi connectivity index (χ1n) is 5.20. The van der Waals surface area contributed by atoms with Crippen molar-refractivity contribution < 1.29 is 0 Å². The van der Waals surface area contributed by atoms with Gasteiger partial charge in [-0.3, -0.25) is 4.68 Å². The number of benzene rings is 1. The average Bonchev–Trinajstić information content (AvgIpc) is 2.65. The van der Waals surface area contributed by atoms with Gasteiger partial charge in [0.25, 0.3) is 0 Å². The van der Waals surface area contributed by atoms with Gasteiger partial charge in [0, 0.05) is 22.3 Å². The molecule has 2 N–H and O–H groups in total. The zero-order valence-corrected chi connectivity index (χ0v) is 10.7. The summed E-state index contributed by atoms with van der Waals surface area (Å²) in [5.74, 6) is 0. The minimum atomic E-state index is 0.103. The molecule has 0 bridgehead atoms. The lowest BCUT2D eigenvalue weighted by Crippen LogP contribution is -2.23. The maximum Gasteiger partial charge on any atom is 0.0683 e. The van der Waals surface area contributed by atoms with Crippen LogP contribution in [0.2, 0.25) is 0 Å². The summed E-state index contributed by atoms with van der Waals surface area (Å²) in [6.45, 7) is 2.71. The fourth-order valence-electron chi connectivity index (χ4n) is 1.64. The second kappa shape index (κ2) is 4.80. The third kappa shape index (κ3) is 2.51. The molecule has 1 aromatic heterocycles. The summed E-state index contributed by atoms with van der Waals surface area (Å²) < 4.78 is 3.01. The second-order valence-corrected chi connectivity index (χ2v) is 4.80. The van der Waals surface area contributed by atoms with E-state index in [1.54, 1.807) is 6.20 Å². The summed E-state index contributed by atoms with van der Waals surface area (Å²) in [7, 11) is 0. The third-order valence-electron chi connectivity index (χ3n) is 2.30. The van der Waals surface area contributed by atoms with Gasteiger partial charge in [-0.05, 0) is 25.1 Å². The molecule has 0 spiro atoms. The summed E-state index contributed by atoms with van der Waals surface area (Å²) in [4.78, 5) is 0. The largest absolute Gasteiger partial charge is 0.326 e. The topological polar surface area (TPSA) is 43.8 Å². The highest BCUT2D eigenvalue weighted by atomic mass is 79.9. The van der Waals surface area contributed by atoms with Crippen LogP contribution in [-0.2, 0) is 6.54 Å². The van der Waals surface area contributed by atoms with E-state index in [1.807, 2.05) is 29.8 Å². The van der Waals surface area contributed by atoms with Gasteiger partial charge in [0.15, 0.2) is 0 Å². The molecule has 0 radical (unpaired) electrons. The molecular formula is C12H14BrN3. The van der Waals surface area contributed by atoms with Crippen LogP contribution < -0.4 is 5.73 Å². The molecule has 2 aromatic rings. The summed E-state index contributed by atoms with van der Waals surface area (Å²) >= 11 is 3.47. The quantitative estimate of drug-likeness (QED) is 0.939. The van der Waals surface area contributed by atoms with Crippen LogP contribution in [0.25, 0.3) is 11.3 Å². The lowest BCUT2D eigenvalue weighted by Gasteiger charge is -2.10. The van der Waals surface area contributed by atoms with E-state index in [0.717, 1.165) is 22.3 Å². The van der Waals surface area contributed by atoms with Crippen LogP contribution in [0, 0.1) is 0 Å². The Morgan fingerprint density at radius 3 is 2.94 bits per heavy atom. The fraction of sp³-hybridized carbons (Fsp3) is 0.250.